The van der Waals surface area contributed by atoms with Gasteiger partial charge < -0.3 is 14.0 Å². The summed E-state index contributed by atoms with van der Waals surface area (Å²) in [7, 11) is -5.01. The molecule has 1 unspecified atom stereocenters. The molecule has 0 aromatic carbocycles. The third-order valence-electron chi connectivity index (χ3n) is 2.96. The van der Waals surface area contributed by atoms with Crippen LogP contribution in [0.2, 0.25) is 0 Å². The summed E-state index contributed by atoms with van der Waals surface area (Å²) in [5.74, 6) is 0. The second kappa shape index (κ2) is 4.05. The first-order valence-corrected chi connectivity index (χ1v) is 6.62. The summed E-state index contributed by atoms with van der Waals surface area (Å²) < 4.78 is 41.0. The van der Waals surface area contributed by atoms with Crippen molar-refractivity contribution in [1.82, 2.24) is 15.1 Å². The number of carbonyl (C=O) groups is 1. The van der Waals surface area contributed by atoms with Crippen molar-refractivity contribution in [3.8, 4) is 0 Å². The van der Waals surface area contributed by atoms with Crippen LogP contribution in [0.4, 0.5) is 4.79 Å². The molecule has 10 heteroatoms. The van der Waals surface area contributed by atoms with E-state index in [1.54, 1.807) is 6.08 Å². The molecule has 1 fully saturated rings. The van der Waals surface area contributed by atoms with E-state index in [1.165, 1.54) is 17.4 Å². The normalized spacial score (nSPS) is 22.9. The molecule has 0 radical (unpaired) electrons. The molecular formula is C9H8N3O6S-. The van der Waals surface area contributed by atoms with Gasteiger partial charge in [-0.25, -0.2) is 13.2 Å². The number of nitrogens with zero attached hydrogens (tertiary/aromatic N) is 3. The minimum Gasteiger partial charge on any atom is -0.724 e. The maximum Gasteiger partial charge on any atom is 0.346 e. The van der Waals surface area contributed by atoms with Crippen molar-refractivity contribution in [3.63, 3.8) is 0 Å². The fourth-order valence-corrected chi connectivity index (χ4v) is 2.56. The number of hydrogen-bond acceptors (Lipinski definition) is 7. The monoisotopic (exact) mass is 286 g/mol. The first-order chi connectivity index (χ1) is 8.96. The third kappa shape index (κ3) is 2.09. The van der Waals surface area contributed by atoms with Gasteiger partial charge in [0.15, 0.2) is 0 Å². The van der Waals surface area contributed by atoms with Crippen LogP contribution < -0.4 is 0 Å². The zero-order chi connectivity index (χ0) is 13.6. The van der Waals surface area contributed by atoms with Crippen LogP contribution in [0.5, 0.6) is 0 Å². The first-order valence-electron chi connectivity index (χ1n) is 5.29. The second-order valence-corrected chi connectivity index (χ2v) is 5.05. The van der Waals surface area contributed by atoms with Gasteiger partial charge in [-0.2, -0.15) is 9.35 Å². The second-order valence-electron chi connectivity index (χ2n) is 4.08. The van der Waals surface area contributed by atoms with Crippen LogP contribution in [-0.2, 0) is 14.7 Å². The van der Waals surface area contributed by atoms with Crippen molar-refractivity contribution in [2.45, 2.75) is 6.04 Å². The summed E-state index contributed by atoms with van der Waals surface area (Å²) >= 11 is 0. The Hall–Kier alpha value is -1.91. The van der Waals surface area contributed by atoms with Gasteiger partial charge in [-0.15, -0.1) is 0 Å². The van der Waals surface area contributed by atoms with E-state index >= 15 is 0 Å². The molecule has 2 aliphatic rings. The van der Waals surface area contributed by atoms with Crippen molar-refractivity contribution in [3.05, 3.63) is 24.1 Å². The molecule has 1 saturated heterocycles. The molecule has 9 nitrogen and oxygen atoms in total. The molecule has 2 amide bonds. The maximum absolute atomic E-state index is 11.8. The van der Waals surface area contributed by atoms with Gasteiger partial charge in [0.1, 0.15) is 12.3 Å². The fourth-order valence-electron chi connectivity index (χ4n) is 2.20. The minimum absolute atomic E-state index is 0.241. The van der Waals surface area contributed by atoms with Crippen molar-refractivity contribution in [1.29, 1.82) is 0 Å². The van der Waals surface area contributed by atoms with Crippen LogP contribution in [0, 0.1) is 0 Å². The molecule has 0 saturated carbocycles. The van der Waals surface area contributed by atoms with Crippen molar-refractivity contribution < 1.29 is 26.6 Å². The van der Waals surface area contributed by atoms with E-state index in [0.717, 1.165) is 0 Å². The predicted molar refractivity (Wildman–Crippen MR) is 57.9 cm³/mol. The van der Waals surface area contributed by atoms with Gasteiger partial charge in [0, 0.05) is 12.1 Å². The van der Waals surface area contributed by atoms with Gasteiger partial charge in [-0.05, 0) is 5.57 Å². The van der Waals surface area contributed by atoms with Crippen LogP contribution in [0.3, 0.4) is 0 Å². The molecule has 1 atom stereocenters. The molecule has 102 valence electrons. The lowest BCUT2D eigenvalue weighted by molar-refractivity contribution is -0.0171. The predicted octanol–water partition coefficient (Wildman–Crippen LogP) is -0.430. The summed E-state index contributed by atoms with van der Waals surface area (Å²) in [6.07, 6.45) is 4.54. The summed E-state index contributed by atoms with van der Waals surface area (Å²) in [5.41, 5.74) is 1.24. The highest BCUT2D eigenvalue weighted by atomic mass is 32.3. The van der Waals surface area contributed by atoms with Gasteiger partial charge in [0.05, 0.1) is 12.7 Å². The highest BCUT2D eigenvalue weighted by molar-refractivity contribution is 7.80. The Kier molecular flexibility index (Phi) is 2.59. The number of aromatic nitrogens is 1. The van der Waals surface area contributed by atoms with Gasteiger partial charge in [-0.1, -0.05) is 11.2 Å². The van der Waals surface area contributed by atoms with Gasteiger partial charge in [-0.3, -0.25) is 0 Å². The number of amides is 2. The Labute approximate surface area is 107 Å². The van der Waals surface area contributed by atoms with E-state index in [-0.39, 0.29) is 6.54 Å². The average Bonchev–Trinajstić information content (AvgIpc) is 2.93. The van der Waals surface area contributed by atoms with E-state index in [4.69, 9.17) is 4.52 Å². The van der Waals surface area contributed by atoms with Crippen molar-refractivity contribution in [2.24, 2.45) is 0 Å². The van der Waals surface area contributed by atoms with E-state index in [1.807, 2.05) is 0 Å². The zero-order valence-electron chi connectivity index (χ0n) is 9.42. The molecular weight excluding hydrogens is 278 g/mol. The SMILES string of the molecule is O=C1N2CC=C(c3cnoc3)C(C2)N1OS(=O)(=O)[O-]. The quantitative estimate of drug-likeness (QED) is 0.546. The summed E-state index contributed by atoms with van der Waals surface area (Å²) in [6, 6.07) is -1.34. The molecule has 2 aliphatic heterocycles. The molecule has 0 spiro atoms. The highest BCUT2D eigenvalue weighted by Gasteiger charge is 2.44. The molecule has 3 heterocycles. The Morgan fingerprint density at radius 1 is 1.53 bits per heavy atom. The number of fused-ring (bicyclic) bond motifs is 2. The Morgan fingerprint density at radius 3 is 2.95 bits per heavy atom. The van der Waals surface area contributed by atoms with Crippen LogP contribution in [0.1, 0.15) is 5.56 Å². The average molecular weight is 286 g/mol. The van der Waals surface area contributed by atoms with Gasteiger partial charge in [0.2, 0.25) is 10.4 Å². The minimum atomic E-state index is -5.01. The van der Waals surface area contributed by atoms with Gasteiger partial charge in [0.25, 0.3) is 0 Å². The van der Waals surface area contributed by atoms with Crippen LogP contribution >= 0.6 is 0 Å². The van der Waals surface area contributed by atoms with Crippen LogP contribution in [0.15, 0.2) is 23.1 Å². The molecule has 1 aromatic rings. The molecule has 1 aromatic heterocycles. The summed E-state index contributed by atoms with van der Waals surface area (Å²) in [5, 5.41) is 4.12. The number of carbonyl (C=O) groups excluding carboxylic acids is 1. The zero-order valence-corrected chi connectivity index (χ0v) is 10.2. The van der Waals surface area contributed by atoms with E-state index in [0.29, 0.717) is 22.7 Å². The first kappa shape index (κ1) is 12.1. The standard InChI is InChI=1S/C9H9N3O6S/c13-9-11-2-1-7(6-3-10-17-5-6)8(4-11)12(9)18-19(14,15)16/h1,3,5,8H,2,4H2,(H,14,15,16)/p-1. The number of rotatable bonds is 3. The summed E-state index contributed by atoms with van der Waals surface area (Å²) in [6.45, 7) is 0.542. The molecule has 3 rings (SSSR count). The lowest BCUT2D eigenvalue weighted by atomic mass is 9.99. The Balaban J connectivity index is 1.95. The van der Waals surface area contributed by atoms with E-state index < -0.39 is 22.5 Å². The number of hydroxylamine groups is 2. The fraction of sp³-hybridized carbons (Fsp3) is 0.333. The Morgan fingerprint density at radius 2 is 2.32 bits per heavy atom. The topological polar surface area (TPSA) is 116 Å². The van der Waals surface area contributed by atoms with E-state index in [9.17, 15) is 17.8 Å². The lowest BCUT2D eigenvalue weighted by Gasteiger charge is -2.24. The molecule has 2 bridgehead atoms. The maximum atomic E-state index is 11.8. The molecule has 0 aliphatic carbocycles. The smallest absolute Gasteiger partial charge is 0.346 e. The summed E-state index contributed by atoms with van der Waals surface area (Å²) in [4.78, 5) is 13.2. The van der Waals surface area contributed by atoms with E-state index in [2.05, 4.69) is 9.44 Å². The Bertz CT molecular complexity index is 637. The van der Waals surface area contributed by atoms with Gasteiger partial charge >= 0.3 is 6.03 Å². The van der Waals surface area contributed by atoms with Crippen LogP contribution in [0.25, 0.3) is 5.57 Å². The van der Waals surface area contributed by atoms with Crippen molar-refractivity contribution in [2.75, 3.05) is 13.1 Å². The van der Waals surface area contributed by atoms with Crippen LogP contribution in [-0.4, -0.2) is 53.3 Å². The van der Waals surface area contributed by atoms with Crippen molar-refractivity contribution >= 4 is 22.0 Å². The molecule has 0 N–H and O–H groups in total. The largest absolute Gasteiger partial charge is 0.724 e. The number of urea groups is 1. The lowest BCUT2D eigenvalue weighted by Crippen LogP contribution is -2.36. The molecule has 19 heavy (non-hydrogen) atoms. The highest BCUT2D eigenvalue weighted by Crippen LogP contribution is 2.32. The number of hydrogen-bond donors (Lipinski definition) is 0. The third-order valence-corrected chi connectivity index (χ3v) is 3.31.